The number of halogens is 1. The molecular formula is C23H22ClN5O2. The predicted molar refractivity (Wildman–Crippen MR) is 121 cm³/mol. The van der Waals surface area contributed by atoms with Crippen molar-refractivity contribution in [1.82, 2.24) is 14.9 Å². The Labute approximate surface area is 185 Å². The summed E-state index contributed by atoms with van der Waals surface area (Å²) in [6.45, 7) is 3.18. The van der Waals surface area contributed by atoms with E-state index in [1.807, 2.05) is 6.07 Å². The van der Waals surface area contributed by atoms with Crippen molar-refractivity contribution in [2.75, 3.05) is 42.9 Å². The first kappa shape index (κ1) is 21.0. The summed E-state index contributed by atoms with van der Waals surface area (Å²) in [6, 6.07) is 15.6. The van der Waals surface area contributed by atoms with Crippen LogP contribution in [0.3, 0.4) is 0 Å². The third-order valence-electron chi connectivity index (χ3n) is 5.11. The second-order valence-electron chi connectivity index (χ2n) is 7.25. The molecule has 2 heterocycles. The number of rotatable bonds is 6. The normalized spacial score (nSPS) is 14.3. The van der Waals surface area contributed by atoms with Crippen LogP contribution in [0.15, 0.2) is 67.0 Å². The number of nitrogens with one attached hydrogen (secondary N) is 1. The maximum absolute atomic E-state index is 12.9. The number of benzene rings is 2. The molecule has 1 aliphatic rings. The van der Waals surface area contributed by atoms with E-state index in [-0.39, 0.29) is 18.2 Å². The second kappa shape index (κ2) is 9.68. The highest BCUT2D eigenvalue weighted by molar-refractivity contribution is 6.31. The van der Waals surface area contributed by atoms with Crippen molar-refractivity contribution in [3.05, 3.63) is 83.1 Å². The monoisotopic (exact) mass is 435 g/mol. The van der Waals surface area contributed by atoms with E-state index >= 15 is 0 Å². The molecule has 0 bridgehead atoms. The molecular weight excluding hydrogens is 414 g/mol. The highest BCUT2D eigenvalue weighted by Gasteiger charge is 2.22. The zero-order valence-electron chi connectivity index (χ0n) is 16.9. The molecule has 2 aromatic carbocycles. The molecule has 0 unspecified atom stereocenters. The maximum Gasteiger partial charge on any atom is 0.238 e. The number of carbonyl (C=O) groups is 2. The van der Waals surface area contributed by atoms with Crippen LogP contribution in [0.4, 0.5) is 11.6 Å². The Morgan fingerprint density at radius 3 is 2.35 bits per heavy atom. The number of anilines is 2. The lowest BCUT2D eigenvalue weighted by Gasteiger charge is -2.34. The highest BCUT2D eigenvalue weighted by atomic mass is 35.5. The number of piperazine rings is 1. The third kappa shape index (κ3) is 5.25. The summed E-state index contributed by atoms with van der Waals surface area (Å²) < 4.78 is 0. The largest absolute Gasteiger partial charge is 0.338 e. The Hall–Kier alpha value is -3.29. The molecule has 0 atom stereocenters. The molecule has 1 fully saturated rings. The number of amides is 1. The zero-order valence-corrected chi connectivity index (χ0v) is 17.6. The van der Waals surface area contributed by atoms with E-state index in [0.29, 0.717) is 27.8 Å². The summed E-state index contributed by atoms with van der Waals surface area (Å²) in [7, 11) is 0. The fourth-order valence-corrected chi connectivity index (χ4v) is 3.68. The Kier molecular flexibility index (Phi) is 6.54. The molecule has 1 N–H and O–H groups in total. The molecule has 0 radical (unpaired) electrons. The Bertz CT molecular complexity index is 1050. The highest BCUT2D eigenvalue weighted by Crippen LogP contribution is 2.24. The molecule has 0 spiro atoms. The molecule has 0 saturated carbocycles. The number of aromatic nitrogens is 2. The topological polar surface area (TPSA) is 78.4 Å². The summed E-state index contributed by atoms with van der Waals surface area (Å²) in [6.07, 6.45) is 3.45. The van der Waals surface area contributed by atoms with Gasteiger partial charge in [0.1, 0.15) is 0 Å². The standard InChI is InChI=1S/C23H22ClN5O2/c24-18-7-8-20(19(15-18)22(31)17-5-2-1-3-6-17)27-21(30)16-28-11-13-29(14-12-28)23-25-9-4-10-26-23/h1-10,15H,11-14,16H2,(H,27,30). The Morgan fingerprint density at radius 2 is 1.65 bits per heavy atom. The van der Waals surface area contributed by atoms with E-state index in [2.05, 4.69) is 25.1 Å². The van der Waals surface area contributed by atoms with E-state index < -0.39 is 0 Å². The number of nitrogens with zero attached hydrogens (tertiary/aromatic N) is 4. The van der Waals surface area contributed by atoms with Gasteiger partial charge in [-0.05, 0) is 24.3 Å². The number of carbonyl (C=O) groups excluding carboxylic acids is 2. The van der Waals surface area contributed by atoms with E-state index in [1.54, 1.807) is 60.9 Å². The molecule has 1 amide bonds. The fourth-order valence-electron chi connectivity index (χ4n) is 3.51. The third-order valence-corrected chi connectivity index (χ3v) is 5.35. The van der Waals surface area contributed by atoms with Gasteiger partial charge in [-0.3, -0.25) is 14.5 Å². The summed E-state index contributed by atoms with van der Waals surface area (Å²) in [5.74, 6) is 0.348. The Morgan fingerprint density at radius 1 is 0.935 bits per heavy atom. The molecule has 1 aliphatic heterocycles. The van der Waals surface area contributed by atoms with Gasteiger partial charge in [0.15, 0.2) is 5.78 Å². The van der Waals surface area contributed by atoms with Crippen LogP contribution >= 0.6 is 11.6 Å². The molecule has 3 aromatic rings. The van der Waals surface area contributed by atoms with Gasteiger partial charge in [-0.2, -0.15) is 0 Å². The lowest BCUT2D eigenvalue weighted by atomic mass is 10.0. The van der Waals surface area contributed by atoms with Gasteiger partial charge in [0.25, 0.3) is 0 Å². The molecule has 0 aliphatic carbocycles. The van der Waals surface area contributed by atoms with Crippen LogP contribution in [0.5, 0.6) is 0 Å². The average Bonchev–Trinajstić information content (AvgIpc) is 2.81. The van der Waals surface area contributed by atoms with Gasteiger partial charge in [0, 0.05) is 54.7 Å². The molecule has 31 heavy (non-hydrogen) atoms. The van der Waals surface area contributed by atoms with Gasteiger partial charge < -0.3 is 10.2 Å². The molecule has 1 saturated heterocycles. The summed E-state index contributed by atoms with van der Waals surface area (Å²) in [5, 5.41) is 3.32. The number of hydrogen-bond acceptors (Lipinski definition) is 6. The van der Waals surface area contributed by atoms with Crippen LogP contribution < -0.4 is 10.2 Å². The van der Waals surface area contributed by atoms with Gasteiger partial charge in [0.2, 0.25) is 11.9 Å². The quantitative estimate of drug-likeness (QED) is 0.599. The van der Waals surface area contributed by atoms with Gasteiger partial charge in [-0.15, -0.1) is 0 Å². The lowest BCUT2D eigenvalue weighted by Crippen LogP contribution is -2.49. The summed E-state index contributed by atoms with van der Waals surface area (Å²) in [4.78, 5) is 38.3. The Balaban J connectivity index is 1.39. The first-order valence-corrected chi connectivity index (χ1v) is 10.4. The molecule has 4 rings (SSSR count). The van der Waals surface area contributed by atoms with Crippen molar-refractivity contribution in [2.24, 2.45) is 0 Å². The van der Waals surface area contributed by atoms with Crippen LogP contribution in [0.2, 0.25) is 5.02 Å². The first-order chi connectivity index (χ1) is 15.1. The van der Waals surface area contributed by atoms with Crippen molar-refractivity contribution in [3.8, 4) is 0 Å². The van der Waals surface area contributed by atoms with Crippen LogP contribution in [-0.2, 0) is 4.79 Å². The van der Waals surface area contributed by atoms with Gasteiger partial charge in [0.05, 0.1) is 12.2 Å². The number of ketones is 1. The van der Waals surface area contributed by atoms with E-state index in [4.69, 9.17) is 11.6 Å². The van der Waals surface area contributed by atoms with Crippen molar-refractivity contribution in [3.63, 3.8) is 0 Å². The summed E-state index contributed by atoms with van der Waals surface area (Å²) in [5.41, 5.74) is 1.37. The summed E-state index contributed by atoms with van der Waals surface area (Å²) >= 11 is 6.12. The minimum Gasteiger partial charge on any atom is -0.338 e. The van der Waals surface area contributed by atoms with Crippen LogP contribution in [0.25, 0.3) is 0 Å². The lowest BCUT2D eigenvalue weighted by molar-refractivity contribution is -0.117. The molecule has 158 valence electrons. The number of hydrogen-bond donors (Lipinski definition) is 1. The average molecular weight is 436 g/mol. The van der Waals surface area contributed by atoms with Crippen molar-refractivity contribution >= 4 is 34.9 Å². The van der Waals surface area contributed by atoms with Crippen LogP contribution in [0, 0.1) is 0 Å². The zero-order chi connectivity index (χ0) is 21.6. The smallest absolute Gasteiger partial charge is 0.238 e. The van der Waals surface area contributed by atoms with Crippen molar-refractivity contribution < 1.29 is 9.59 Å². The van der Waals surface area contributed by atoms with Crippen molar-refractivity contribution in [2.45, 2.75) is 0 Å². The fraction of sp³-hybridized carbons (Fsp3) is 0.217. The van der Waals surface area contributed by atoms with Gasteiger partial charge in [-0.1, -0.05) is 41.9 Å². The molecule has 8 heteroatoms. The van der Waals surface area contributed by atoms with E-state index in [9.17, 15) is 9.59 Å². The predicted octanol–water partition coefficient (Wildman–Crippen LogP) is 3.12. The van der Waals surface area contributed by atoms with Gasteiger partial charge >= 0.3 is 0 Å². The van der Waals surface area contributed by atoms with Gasteiger partial charge in [-0.25, -0.2) is 9.97 Å². The minimum atomic E-state index is -0.185. The maximum atomic E-state index is 12.9. The first-order valence-electron chi connectivity index (χ1n) is 10.0. The molecule has 1 aromatic heterocycles. The van der Waals surface area contributed by atoms with Crippen LogP contribution in [-0.4, -0.2) is 59.3 Å². The van der Waals surface area contributed by atoms with Crippen molar-refractivity contribution in [1.29, 1.82) is 0 Å². The SMILES string of the molecule is O=C(CN1CCN(c2ncccn2)CC1)Nc1ccc(Cl)cc1C(=O)c1ccccc1. The van der Waals surface area contributed by atoms with Crippen LogP contribution in [0.1, 0.15) is 15.9 Å². The minimum absolute atomic E-state index is 0.172. The van der Waals surface area contributed by atoms with E-state index in [0.717, 1.165) is 26.2 Å². The second-order valence-corrected chi connectivity index (χ2v) is 7.68. The molecule has 7 nitrogen and oxygen atoms in total. The van der Waals surface area contributed by atoms with E-state index in [1.165, 1.54) is 0 Å².